The maximum absolute atomic E-state index is 5.16. The number of ether oxygens (including phenoxy) is 1. The average molecular weight is 475 g/mol. The molecule has 1 fully saturated rings. The highest BCUT2D eigenvalue weighted by molar-refractivity contribution is 14.0. The van der Waals surface area contributed by atoms with Crippen LogP contribution >= 0.6 is 24.0 Å². The molecule has 0 amide bonds. The molecule has 0 unspecified atom stereocenters. The van der Waals surface area contributed by atoms with E-state index in [1.807, 2.05) is 18.3 Å². The highest BCUT2D eigenvalue weighted by atomic mass is 127. The number of rotatable bonds is 9. The van der Waals surface area contributed by atoms with Crippen LogP contribution in [0.3, 0.4) is 0 Å². The fourth-order valence-corrected chi connectivity index (χ4v) is 3.03. The van der Waals surface area contributed by atoms with Crippen LogP contribution in [0.25, 0.3) is 0 Å². The minimum Gasteiger partial charge on any atom is -0.383 e. The lowest BCUT2D eigenvalue weighted by Crippen LogP contribution is -2.40. The van der Waals surface area contributed by atoms with Crippen LogP contribution in [0.5, 0.6) is 0 Å². The Morgan fingerprint density at radius 3 is 2.77 bits per heavy atom. The Morgan fingerprint density at radius 2 is 2.12 bits per heavy atom. The SMILES string of the molecule is CCNC(=NCC1CCN(CCOC)CC1)NCCc1ccccn1.I. The lowest BCUT2D eigenvalue weighted by atomic mass is 9.97. The number of piperidine rings is 1. The van der Waals surface area contributed by atoms with Crippen molar-refractivity contribution in [2.24, 2.45) is 10.9 Å². The van der Waals surface area contributed by atoms with E-state index >= 15 is 0 Å². The van der Waals surface area contributed by atoms with Crippen molar-refractivity contribution in [2.45, 2.75) is 26.2 Å². The zero-order valence-electron chi connectivity index (χ0n) is 16.1. The minimum atomic E-state index is 0. The number of halogens is 1. The number of aliphatic imine (C=N–C) groups is 1. The topological polar surface area (TPSA) is 61.8 Å². The largest absolute Gasteiger partial charge is 0.383 e. The number of methoxy groups -OCH3 is 1. The molecule has 0 aliphatic carbocycles. The summed E-state index contributed by atoms with van der Waals surface area (Å²) in [6.07, 6.45) is 5.19. The lowest BCUT2D eigenvalue weighted by Gasteiger charge is -2.31. The number of guanidine groups is 1. The third kappa shape index (κ3) is 9.14. The van der Waals surface area contributed by atoms with Crippen LogP contribution in [0.15, 0.2) is 29.4 Å². The second-order valence-corrected chi connectivity index (χ2v) is 6.50. The summed E-state index contributed by atoms with van der Waals surface area (Å²) >= 11 is 0. The number of likely N-dealkylation sites (tertiary alicyclic amines) is 1. The van der Waals surface area contributed by atoms with Gasteiger partial charge in [-0.2, -0.15) is 0 Å². The first kappa shape index (κ1) is 23.1. The Hall–Kier alpha value is -0.930. The van der Waals surface area contributed by atoms with Gasteiger partial charge < -0.3 is 20.3 Å². The number of nitrogens with one attached hydrogen (secondary N) is 2. The molecule has 1 aliphatic rings. The van der Waals surface area contributed by atoms with E-state index in [2.05, 4.69) is 33.5 Å². The highest BCUT2D eigenvalue weighted by Crippen LogP contribution is 2.17. The molecule has 26 heavy (non-hydrogen) atoms. The quantitative estimate of drug-likeness (QED) is 0.326. The fraction of sp³-hybridized carbons (Fsp3) is 0.684. The summed E-state index contributed by atoms with van der Waals surface area (Å²) in [6, 6.07) is 6.03. The fourth-order valence-electron chi connectivity index (χ4n) is 3.03. The third-order valence-corrected chi connectivity index (χ3v) is 4.57. The number of hydrogen-bond donors (Lipinski definition) is 2. The van der Waals surface area contributed by atoms with E-state index in [9.17, 15) is 0 Å². The van der Waals surface area contributed by atoms with Gasteiger partial charge in [0.25, 0.3) is 0 Å². The van der Waals surface area contributed by atoms with Gasteiger partial charge in [-0.1, -0.05) is 6.07 Å². The van der Waals surface area contributed by atoms with Crippen molar-refractivity contribution >= 4 is 29.9 Å². The molecule has 0 bridgehead atoms. The number of hydrogen-bond acceptors (Lipinski definition) is 4. The van der Waals surface area contributed by atoms with Gasteiger partial charge in [0.05, 0.1) is 6.61 Å². The highest BCUT2D eigenvalue weighted by Gasteiger charge is 2.18. The van der Waals surface area contributed by atoms with E-state index in [0.717, 1.165) is 63.9 Å². The Kier molecular flexibility index (Phi) is 12.6. The Labute approximate surface area is 175 Å². The molecule has 0 spiro atoms. The second-order valence-electron chi connectivity index (χ2n) is 6.50. The zero-order chi connectivity index (χ0) is 17.7. The molecule has 2 N–H and O–H groups in total. The van der Waals surface area contributed by atoms with Gasteiger partial charge in [-0.3, -0.25) is 9.98 Å². The van der Waals surface area contributed by atoms with Gasteiger partial charge in [0, 0.05) is 51.6 Å². The van der Waals surface area contributed by atoms with Crippen LogP contribution in [-0.4, -0.2) is 68.8 Å². The summed E-state index contributed by atoms with van der Waals surface area (Å²) in [5.41, 5.74) is 1.11. The first-order valence-electron chi connectivity index (χ1n) is 9.45. The first-order valence-corrected chi connectivity index (χ1v) is 9.45. The summed E-state index contributed by atoms with van der Waals surface area (Å²) in [6.45, 7) is 8.92. The van der Waals surface area contributed by atoms with Gasteiger partial charge in [-0.05, 0) is 50.9 Å². The number of pyridine rings is 1. The number of aromatic nitrogens is 1. The molecule has 2 rings (SSSR count). The summed E-state index contributed by atoms with van der Waals surface area (Å²) in [5, 5.41) is 6.75. The standard InChI is InChI=1S/C19H33N5O.HI/c1-3-20-19(22-11-7-18-6-4-5-10-21-18)23-16-17-8-12-24(13-9-17)14-15-25-2;/h4-6,10,17H,3,7-9,11-16H2,1-2H3,(H2,20,22,23);1H. The van der Waals surface area contributed by atoms with E-state index in [1.165, 1.54) is 12.8 Å². The van der Waals surface area contributed by atoms with Crippen molar-refractivity contribution in [1.82, 2.24) is 20.5 Å². The van der Waals surface area contributed by atoms with Crippen LogP contribution in [-0.2, 0) is 11.2 Å². The Bertz CT molecular complexity index is 492. The maximum Gasteiger partial charge on any atom is 0.191 e. The van der Waals surface area contributed by atoms with Crippen LogP contribution in [0, 0.1) is 5.92 Å². The van der Waals surface area contributed by atoms with E-state index in [1.54, 1.807) is 7.11 Å². The Morgan fingerprint density at radius 1 is 1.31 bits per heavy atom. The molecular formula is C19H34IN5O. The van der Waals surface area contributed by atoms with Gasteiger partial charge in [0.15, 0.2) is 5.96 Å². The number of nitrogens with zero attached hydrogens (tertiary/aromatic N) is 3. The van der Waals surface area contributed by atoms with Crippen LogP contribution in [0.1, 0.15) is 25.5 Å². The van der Waals surface area contributed by atoms with Crippen LogP contribution < -0.4 is 10.6 Å². The molecule has 148 valence electrons. The molecule has 1 aliphatic heterocycles. The van der Waals surface area contributed by atoms with E-state index in [4.69, 9.17) is 9.73 Å². The summed E-state index contributed by atoms with van der Waals surface area (Å²) in [5.74, 6) is 1.60. The molecule has 0 atom stereocenters. The molecule has 6 nitrogen and oxygen atoms in total. The third-order valence-electron chi connectivity index (χ3n) is 4.57. The van der Waals surface area contributed by atoms with Gasteiger partial charge in [-0.15, -0.1) is 24.0 Å². The molecule has 0 aromatic carbocycles. The zero-order valence-corrected chi connectivity index (χ0v) is 18.4. The second kappa shape index (κ2) is 14.2. The smallest absolute Gasteiger partial charge is 0.191 e. The van der Waals surface area contributed by atoms with Gasteiger partial charge in [0.1, 0.15) is 0 Å². The summed E-state index contributed by atoms with van der Waals surface area (Å²) < 4.78 is 5.16. The Balaban J connectivity index is 0.00000338. The molecule has 0 radical (unpaired) electrons. The maximum atomic E-state index is 5.16. The van der Waals surface area contributed by atoms with E-state index < -0.39 is 0 Å². The van der Waals surface area contributed by atoms with Crippen molar-refractivity contribution in [3.63, 3.8) is 0 Å². The van der Waals surface area contributed by atoms with Crippen molar-refractivity contribution in [2.75, 3.05) is 53.0 Å². The average Bonchev–Trinajstić information content (AvgIpc) is 2.66. The van der Waals surface area contributed by atoms with Crippen molar-refractivity contribution in [3.8, 4) is 0 Å². The van der Waals surface area contributed by atoms with Crippen molar-refractivity contribution in [3.05, 3.63) is 30.1 Å². The molecule has 1 saturated heterocycles. The predicted molar refractivity (Wildman–Crippen MR) is 118 cm³/mol. The summed E-state index contributed by atoms with van der Waals surface area (Å²) in [4.78, 5) is 11.6. The van der Waals surface area contributed by atoms with Crippen molar-refractivity contribution in [1.29, 1.82) is 0 Å². The normalized spacial score (nSPS) is 16.2. The molecular weight excluding hydrogens is 441 g/mol. The van der Waals surface area contributed by atoms with Gasteiger partial charge in [-0.25, -0.2) is 0 Å². The van der Waals surface area contributed by atoms with Gasteiger partial charge >= 0.3 is 0 Å². The van der Waals surface area contributed by atoms with Gasteiger partial charge in [0.2, 0.25) is 0 Å². The van der Waals surface area contributed by atoms with Crippen LogP contribution in [0.4, 0.5) is 0 Å². The van der Waals surface area contributed by atoms with E-state index in [-0.39, 0.29) is 24.0 Å². The molecule has 1 aromatic rings. The minimum absolute atomic E-state index is 0. The molecule has 1 aromatic heterocycles. The lowest BCUT2D eigenvalue weighted by molar-refractivity contribution is 0.121. The molecule has 7 heteroatoms. The molecule has 0 saturated carbocycles. The van der Waals surface area contributed by atoms with Crippen LogP contribution in [0.2, 0.25) is 0 Å². The monoisotopic (exact) mass is 475 g/mol. The van der Waals surface area contributed by atoms with Crippen molar-refractivity contribution < 1.29 is 4.74 Å². The predicted octanol–water partition coefficient (Wildman–Crippen LogP) is 2.16. The first-order chi connectivity index (χ1) is 12.3. The van der Waals surface area contributed by atoms with E-state index in [0.29, 0.717) is 5.92 Å². The summed E-state index contributed by atoms with van der Waals surface area (Å²) in [7, 11) is 1.77. The molecule has 2 heterocycles.